The zero-order valence-electron chi connectivity index (χ0n) is 9.95. The summed E-state index contributed by atoms with van der Waals surface area (Å²) in [5.41, 5.74) is -0.389. The van der Waals surface area contributed by atoms with E-state index in [9.17, 15) is 9.90 Å². The van der Waals surface area contributed by atoms with Crippen molar-refractivity contribution in [3.05, 3.63) is 29.3 Å². The lowest BCUT2D eigenvalue weighted by Gasteiger charge is -2.37. The Morgan fingerprint density at radius 3 is 2.68 bits per heavy atom. The average Bonchev–Trinajstić information content (AvgIpc) is 2.77. The summed E-state index contributed by atoms with van der Waals surface area (Å²) >= 11 is 6.12. The molecule has 19 heavy (non-hydrogen) atoms. The van der Waals surface area contributed by atoms with E-state index in [2.05, 4.69) is 15.5 Å². The molecule has 98 valence electrons. The number of hydrogen-bond acceptors (Lipinski definition) is 4. The van der Waals surface area contributed by atoms with Gasteiger partial charge in [0, 0.05) is 5.56 Å². The summed E-state index contributed by atoms with van der Waals surface area (Å²) in [6.07, 6.45) is 1.92. The number of nitrogens with zero attached hydrogens (tertiary/aromatic N) is 4. The second kappa shape index (κ2) is 4.31. The van der Waals surface area contributed by atoms with E-state index < -0.39 is 11.5 Å². The van der Waals surface area contributed by atoms with Crippen LogP contribution in [0.2, 0.25) is 5.02 Å². The van der Waals surface area contributed by atoms with Crippen molar-refractivity contribution >= 4 is 17.6 Å². The van der Waals surface area contributed by atoms with Crippen LogP contribution < -0.4 is 0 Å². The normalized spacial score (nSPS) is 16.9. The van der Waals surface area contributed by atoms with Crippen LogP contribution >= 0.6 is 11.6 Å². The lowest BCUT2D eigenvalue weighted by Crippen LogP contribution is -2.48. The van der Waals surface area contributed by atoms with E-state index in [-0.39, 0.29) is 0 Å². The van der Waals surface area contributed by atoms with Crippen molar-refractivity contribution in [2.45, 2.75) is 24.8 Å². The highest BCUT2D eigenvalue weighted by molar-refractivity contribution is 6.33. The third-order valence-electron chi connectivity index (χ3n) is 3.57. The standard InChI is InChI=1S/C12H11ClN4O2/c13-9-5-2-1-4-8(9)10-14-15-16-17(10)12(11(18)19)6-3-7-12/h1-2,4-5H,3,6-7H2,(H,18,19). The van der Waals surface area contributed by atoms with Crippen LogP contribution in [0.15, 0.2) is 24.3 Å². The molecule has 1 saturated carbocycles. The number of aromatic nitrogens is 4. The maximum Gasteiger partial charge on any atom is 0.331 e. The van der Waals surface area contributed by atoms with Gasteiger partial charge in [-0.05, 0) is 41.8 Å². The molecule has 0 bridgehead atoms. The highest BCUT2D eigenvalue weighted by atomic mass is 35.5. The Labute approximate surface area is 114 Å². The number of aliphatic carboxylic acids is 1. The van der Waals surface area contributed by atoms with Gasteiger partial charge in [-0.3, -0.25) is 0 Å². The molecule has 1 aromatic heterocycles. The number of carboxylic acids is 1. The third kappa shape index (κ3) is 1.71. The molecule has 0 saturated heterocycles. The van der Waals surface area contributed by atoms with Crippen LogP contribution in [0, 0.1) is 0 Å². The van der Waals surface area contributed by atoms with Crippen molar-refractivity contribution in [3.8, 4) is 11.4 Å². The second-order valence-corrected chi connectivity index (χ2v) is 4.99. The Morgan fingerprint density at radius 2 is 2.11 bits per heavy atom. The first-order valence-corrected chi connectivity index (χ1v) is 6.30. The summed E-state index contributed by atoms with van der Waals surface area (Å²) in [5, 5.41) is 21.4. The Morgan fingerprint density at radius 1 is 1.37 bits per heavy atom. The predicted octanol–water partition coefficient (Wildman–Crippen LogP) is 1.96. The van der Waals surface area contributed by atoms with Crippen molar-refractivity contribution in [3.63, 3.8) is 0 Å². The fourth-order valence-corrected chi connectivity index (χ4v) is 2.53. The summed E-state index contributed by atoms with van der Waals surface area (Å²) in [6, 6.07) is 7.12. The van der Waals surface area contributed by atoms with Crippen molar-refractivity contribution in [2.24, 2.45) is 0 Å². The first-order chi connectivity index (χ1) is 9.15. The van der Waals surface area contributed by atoms with Crippen LogP contribution in [-0.2, 0) is 10.3 Å². The number of benzene rings is 1. The lowest BCUT2D eigenvalue weighted by atomic mass is 9.76. The minimum Gasteiger partial charge on any atom is -0.479 e. The third-order valence-corrected chi connectivity index (χ3v) is 3.90. The summed E-state index contributed by atoms with van der Waals surface area (Å²) in [7, 11) is 0. The molecule has 1 N–H and O–H groups in total. The van der Waals surface area contributed by atoms with Crippen molar-refractivity contribution < 1.29 is 9.90 Å². The molecule has 0 aliphatic heterocycles. The highest BCUT2D eigenvalue weighted by Crippen LogP contribution is 2.41. The van der Waals surface area contributed by atoms with Crippen LogP contribution in [0.5, 0.6) is 0 Å². The number of tetrazole rings is 1. The number of rotatable bonds is 3. The molecule has 0 unspecified atom stereocenters. The van der Waals surface area contributed by atoms with E-state index in [0.717, 1.165) is 6.42 Å². The van der Waals surface area contributed by atoms with Crippen molar-refractivity contribution in [1.82, 2.24) is 20.2 Å². The number of carboxylic acid groups (broad SMARTS) is 1. The highest BCUT2D eigenvalue weighted by Gasteiger charge is 2.49. The van der Waals surface area contributed by atoms with Gasteiger partial charge in [0.1, 0.15) is 0 Å². The molecular weight excluding hydrogens is 268 g/mol. The zero-order chi connectivity index (χ0) is 13.5. The van der Waals surface area contributed by atoms with Gasteiger partial charge in [0.05, 0.1) is 5.02 Å². The minimum atomic E-state index is -1.03. The summed E-state index contributed by atoms with van der Waals surface area (Å²) in [4.78, 5) is 11.5. The van der Waals surface area contributed by atoms with Gasteiger partial charge in [0.2, 0.25) is 0 Å². The first-order valence-electron chi connectivity index (χ1n) is 5.92. The fourth-order valence-electron chi connectivity index (χ4n) is 2.31. The van der Waals surface area contributed by atoms with Gasteiger partial charge in [-0.15, -0.1) is 5.10 Å². The Bertz CT molecular complexity index is 636. The van der Waals surface area contributed by atoms with Gasteiger partial charge in [0.15, 0.2) is 11.4 Å². The van der Waals surface area contributed by atoms with E-state index in [1.165, 1.54) is 4.68 Å². The first kappa shape index (κ1) is 12.1. The number of hydrogen-bond donors (Lipinski definition) is 1. The Hall–Kier alpha value is -1.95. The quantitative estimate of drug-likeness (QED) is 0.928. The van der Waals surface area contributed by atoms with Crippen LogP contribution in [-0.4, -0.2) is 31.3 Å². The summed E-state index contributed by atoms with van der Waals surface area (Å²) < 4.78 is 1.39. The predicted molar refractivity (Wildman–Crippen MR) is 67.7 cm³/mol. The molecule has 1 aliphatic carbocycles. The van der Waals surface area contributed by atoms with Crippen molar-refractivity contribution in [2.75, 3.05) is 0 Å². The molecule has 7 heteroatoms. The molecule has 0 radical (unpaired) electrons. The summed E-state index contributed by atoms with van der Waals surface area (Å²) in [5.74, 6) is -0.507. The van der Waals surface area contributed by atoms with Crippen LogP contribution in [0.3, 0.4) is 0 Å². The number of halogens is 1. The number of carbonyl (C=O) groups is 1. The second-order valence-electron chi connectivity index (χ2n) is 4.58. The maximum atomic E-state index is 11.5. The van der Waals surface area contributed by atoms with Crippen LogP contribution in [0.4, 0.5) is 0 Å². The van der Waals surface area contributed by atoms with Gasteiger partial charge in [0.25, 0.3) is 0 Å². The molecule has 1 aliphatic rings. The summed E-state index contributed by atoms with van der Waals surface area (Å²) in [6.45, 7) is 0. The molecule has 3 rings (SSSR count). The molecule has 1 fully saturated rings. The lowest BCUT2D eigenvalue weighted by molar-refractivity contribution is -0.153. The molecule has 6 nitrogen and oxygen atoms in total. The van der Waals surface area contributed by atoms with Crippen LogP contribution in [0.1, 0.15) is 19.3 Å². The SMILES string of the molecule is O=C(O)C1(n2nnnc2-c2ccccc2Cl)CCC1. The molecule has 1 aromatic carbocycles. The zero-order valence-corrected chi connectivity index (χ0v) is 10.7. The van der Waals surface area contributed by atoms with Crippen molar-refractivity contribution in [1.29, 1.82) is 0 Å². The maximum absolute atomic E-state index is 11.5. The largest absolute Gasteiger partial charge is 0.479 e. The molecule has 0 atom stereocenters. The molecular formula is C12H11ClN4O2. The Balaban J connectivity index is 2.14. The molecule has 1 heterocycles. The van der Waals surface area contributed by atoms with E-state index in [1.807, 2.05) is 6.07 Å². The molecule has 0 amide bonds. The van der Waals surface area contributed by atoms with E-state index >= 15 is 0 Å². The minimum absolute atomic E-state index is 0.396. The average molecular weight is 279 g/mol. The Kier molecular flexibility index (Phi) is 2.74. The van der Waals surface area contributed by atoms with Crippen LogP contribution in [0.25, 0.3) is 11.4 Å². The van der Waals surface area contributed by atoms with E-state index in [4.69, 9.17) is 11.6 Å². The van der Waals surface area contributed by atoms with E-state index in [1.54, 1.807) is 18.2 Å². The smallest absolute Gasteiger partial charge is 0.331 e. The molecule has 2 aromatic rings. The van der Waals surface area contributed by atoms with Gasteiger partial charge >= 0.3 is 5.97 Å². The topological polar surface area (TPSA) is 80.9 Å². The van der Waals surface area contributed by atoms with Gasteiger partial charge in [-0.2, -0.15) is 0 Å². The monoisotopic (exact) mass is 278 g/mol. The van der Waals surface area contributed by atoms with E-state index in [0.29, 0.717) is 29.3 Å². The van der Waals surface area contributed by atoms with Gasteiger partial charge in [-0.1, -0.05) is 23.7 Å². The molecule has 0 spiro atoms. The fraction of sp³-hybridized carbons (Fsp3) is 0.333. The van der Waals surface area contributed by atoms with Gasteiger partial charge in [-0.25, -0.2) is 9.48 Å². The van der Waals surface area contributed by atoms with Gasteiger partial charge < -0.3 is 5.11 Å².